The quantitative estimate of drug-likeness (QED) is 0.562. The number of hydrogen-bond acceptors (Lipinski definition) is 7. The molecular formula is C19H16N2O3S3. The summed E-state index contributed by atoms with van der Waals surface area (Å²) < 4.78 is 5.19. The number of esters is 1. The molecule has 1 aliphatic rings. The van der Waals surface area contributed by atoms with Gasteiger partial charge in [-0.05, 0) is 34.3 Å². The highest BCUT2D eigenvalue weighted by atomic mass is 32.1. The van der Waals surface area contributed by atoms with E-state index < -0.39 is 5.97 Å². The van der Waals surface area contributed by atoms with Gasteiger partial charge in [0, 0.05) is 16.2 Å². The Bertz CT molecular complexity index is 931. The topological polar surface area (TPSA) is 59.0 Å². The highest BCUT2D eigenvalue weighted by molar-refractivity contribution is 7.12. The monoisotopic (exact) mass is 416 g/mol. The summed E-state index contributed by atoms with van der Waals surface area (Å²) in [6, 6.07) is 11.6. The maximum absolute atomic E-state index is 12.7. The third-order valence-electron chi connectivity index (χ3n) is 4.10. The number of hydrazone groups is 1. The van der Waals surface area contributed by atoms with Gasteiger partial charge < -0.3 is 4.74 Å². The van der Waals surface area contributed by atoms with Gasteiger partial charge in [0.1, 0.15) is 0 Å². The zero-order valence-electron chi connectivity index (χ0n) is 14.2. The van der Waals surface area contributed by atoms with Gasteiger partial charge in [-0.1, -0.05) is 18.2 Å². The average Bonchev–Trinajstić information content (AvgIpc) is 3.46. The molecule has 0 N–H and O–H groups in total. The van der Waals surface area contributed by atoms with Crippen LogP contribution in [0.3, 0.4) is 0 Å². The first-order chi connectivity index (χ1) is 13.2. The van der Waals surface area contributed by atoms with E-state index >= 15 is 0 Å². The Labute approximate surface area is 168 Å². The molecule has 0 aromatic carbocycles. The summed E-state index contributed by atoms with van der Waals surface area (Å²) in [4.78, 5) is 27.7. The molecule has 8 heteroatoms. The molecule has 0 fully saturated rings. The van der Waals surface area contributed by atoms with Crippen molar-refractivity contribution in [3.63, 3.8) is 0 Å². The van der Waals surface area contributed by atoms with Crippen LogP contribution in [0.4, 0.5) is 0 Å². The van der Waals surface area contributed by atoms with Crippen LogP contribution in [0.2, 0.25) is 0 Å². The maximum atomic E-state index is 12.7. The van der Waals surface area contributed by atoms with Gasteiger partial charge in [0.05, 0.1) is 23.1 Å². The predicted octanol–water partition coefficient (Wildman–Crippen LogP) is 4.33. The van der Waals surface area contributed by atoms with Crippen molar-refractivity contribution in [2.45, 2.75) is 18.9 Å². The van der Waals surface area contributed by atoms with Crippen LogP contribution in [-0.2, 0) is 20.7 Å². The fourth-order valence-corrected chi connectivity index (χ4v) is 5.07. The third-order valence-corrected chi connectivity index (χ3v) is 6.87. The lowest BCUT2D eigenvalue weighted by Gasteiger charge is -2.20. The fourth-order valence-electron chi connectivity index (χ4n) is 2.85. The zero-order chi connectivity index (χ0) is 18.6. The molecule has 3 aromatic heterocycles. The van der Waals surface area contributed by atoms with E-state index in [9.17, 15) is 9.59 Å². The second-order valence-corrected chi connectivity index (χ2v) is 8.87. The smallest absolute Gasteiger partial charge is 0.311 e. The summed E-state index contributed by atoms with van der Waals surface area (Å²) in [5.41, 5.74) is 0.890. The Balaban J connectivity index is 1.45. The highest BCUT2D eigenvalue weighted by Gasteiger charge is 2.34. The van der Waals surface area contributed by atoms with E-state index in [-0.39, 0.29) is 25.0 Å². The number of nitrogens with zero attached hydrogens (tertiary/aromatic N) is 2. The van der Waals surface area contributed by atoms with Gasteiger partial charge in [-0.15, -0.1) is 34.0 Å². The minimum atomic E-state index is -0.403. The summed E-state index contributed by atoms with van der Waals surface area (Å²) >= 11 is 4.69. The van der Waals surface area contributed by atoms with E-state index in [2.05, 4.69) is 5.10 Å². The second-order valence-electron chi connectivity index (χ2n) is 5.91. The van der Waals surface area contributed by atoms with Gasteiger partial charge >= 0.3 is 5.97 Å². The molecule has 4 heterocycles. The SMILES string of the molecule is O=C(Cc1cccs1)OCC(=O)N1N=C(c2cccs2)CC1c1cccs1. The van der Waals surface area contributed by atoms with Crippen LogP contribution in [0.5, 0.6) is 0 Å². The number of carbonyl (C=O) groups is 2. The van der Waals surface area contributed by atoms with E-state index in [0.717, 1.165) is 20.3 Å². The number of carbonyl (C=O) groups excluding carboxylic acids is 2. The minimum Gasteiger partial charge on any atom is -0.455 e. The van der Waals surface area contributed by atoms with Gasteiger partial charge in [0.15, 0.2) is 6.61 Å². The van der Waals surface area contributed by atoms with Crippen molar-refractivity contribution in [1.29, 1.82) is 0 Å². The molecule has 5 nitrogen and oxygen atoms in total. The molecule has 0 spiro atoms. The predicted molar refractivity (Wildman–Crippen MR) is 108 cm³/mol. The van der Waals surface area contributed by atoms with Crippen LogP contribution in [0.1, 0.15) is 27.1 Å². The molecule has 4 rings (SSSR count). The van der Waals surface area contributed by atoms with Gasteiger partial charge in [-0.2, -0.15) is 5.10 Å². The van der Waals surface area contributed by atoms with Gasteiger partial charge in [-0.25, -0.2) is 5.01 Å². The molecule has 0 saturated heterocycles. The summed E-state index contributed by atoms with van der Waals surface area (Å²) in [6.07, 6.45) is 0.846. The van der Waals surface area contributed by atoms with Crippen LogP contribution in [0.25, 0.3) is 0 Å². The first-order valence-corrected chi connectivity index (χ1v) is 11.0. The second kappa shape index (κ2) is 8.16. The molecule has 0 aliphatic carbocycles. The standard InChI is InChI=1S/C19H16N2O3S3/c22-18(12-24-19(23)10-13-4-1-7-25-13)21-15(17-6-3-9-27-17)11-14(20-21)16-5-2-8-26-16/h1-9,15H,10-12H2. The summed E-state index contributed by atoms with van der Waals surface area (Å²) in [7, 11) is 0. The Kier molecular flexibility index (Phi) is 5.47. The van der Waals surface area contributed by atoms with Crippen molar-refractivity contribution in [2.24, 2.45) is 5.10 Å². The lowest BCUT2D eigenvalue weighted by atomic mass is 10.1. The van der Waals surface area contributed by atoms with E-state index in [1.54, 1.807) is 22.7 Å². The number of ether oxygens (including phenoxy) is 1. The Morgan fingerprint density at radius 2 is 1.85 bits per heavy atom. The van der Waals surface area contributed by atoms with Crippen LogP contribution in [0.15, 0.2) is 57.6 Å². The molecule has 3 aromatic rings. The van der Waals surface area contributed by atoms with E-state index in [1.165, 1.54) is 16.3 Å². The number of amides is 1. The number of hydrogen-bond donors (Lipinski definition) is 0. The molecular weight excluding hydrogens is 400 g/mol. The van der Waals surface area contributed by atoms with Crippen molar-refractivity contribution in [1.82, 2.24) is 5.01 Å². The molecule has 1 unspecified atom stereocenters. The van der Waals surface area contributed by atoms with Crippen molar-refractivity contribution in [3.8, 4) is 0 Å². The summed E-state index contributed by atoms with van der Waals surface area (Å²) in [5, 5.41) is 11.9. The molecule has 1 amide bonds. The summed E-state index contributed by atoms with van der Waals surface area (Å²) in [6.45, 7) is -0.298. The normalized spacial score (nSPS) is 16.4. The molecule has 0 bridgehead atoms. The minimum absolute atomic E-state index is 0.148. The van der Waals surface area contributed by atoms with Crippen molar-refractivity contribution >= 4 is 51.6 Å². The number of rotatable bonds is 6. The van der Waals surface area contributed by atoms with Crippen molar-refractivity contribution < 1.29 is 14.3 Å². The molecule has 1 atom stereocenters. The largest absolute Gasteiger partial charge is 0.455 e. The van der Waals surface area contributed by atoms with Crippen molar-refractivity contribution in [3.05, 3.63) is 67.2 Å². The molecule has 1 aliphatic heterocycles. The molecule has 0 radical (unpaired) electrons. The maximum Gasteiger partial charge on any atom is 0.311 e. The molecule has 0 saturated carbocycles. The van der Waals surface area contributed by atoms with E-state index in [1.807, 2.05) is 52.5 Å². The van der Waals surface area contributed by atoms with Crippen LogP contribution >= 0.6 is 34.0 Å². The average molecular weight is 417 g/mol. The number of thiophene rings is 3. The van der Waals surface area contributed by atoms with E-state index in [4.69, 9.17) is 4.74 Å². The van der Waals surface area contributed by atoms with E-state index in [0.29, 0.717) is 6.42 Å². The Morgan fingerprint density at radius 1 is 1.07 bits per heavy atom. The Morgan fingerprint density at radius 3 is 2.56 bits per heavy atom. The lowest BCUT2D eigenvalue weighted by molar-refractivity contribution is -0.152. The summed E-state index contributed by atoms with van der Waals surface area (Å²) in [5.74, 6) is -0.709. The van der Waals surface area contributed by atoms with Gasteiger partial charge in [0.2, 0.25) is 0 Å². The van der Waals surface area contributed by atoms with Gasteiger partial charge in [-0.3, -0.25) is 9.59 Å². The van der Waals surface area contributed by atoms with Crippen LogP contribution < -0.4 is 0 Å². The highest BCUT2D eigenvalue weighted by Crippen LogP contribution is 2.35. The van der Waals surface area contributed by atoms with Crippen LogP contribution in [-0.4, -0.2) is 29.2 Å². The lowest BCUT2D eigenvalue weighted by Crippen LogP contribution is -2.31. The first kappa shape index (κ1) is 18.1. The van der Waals surface area contributed by atoms with Crippen LogP contribution in [0, 0.1) is 0 Å². The Hall–Kier alpha value is -2.29. The van der Waals surface area contributed by atoms with Crippen molar-refractivity contribution in [2.75, 3.05) is 6.61 Å². The fraction of sp³-hybridized carbons (Fsp3) is 0.211. The molecule has 138 valence electrons. The molecule has 27 heavy (non-hydrogen) atoms. The zero-order valence-corrected chi connectivity index (χ0v) is 16.7. The first-order valence-electron chi connectivity index (χ1n) is 8.35. The third kappa shape index (κ3) is 4.18. The van der Waals surface area contributed by atoms with Gasteiger partial charge in [0.25, 0.3) is 5.91 Å².